The lowest BCUT2D eigenvalue weighted by Gasteiger charge is -2.56. The predicted molar refractivity (Wildman–Crippen MR) is 118 cm³/mol. The second kappa shape index (κ2) is 7.39. The highest BCUT2D eigenvalue weighted by Crippen LogP contribution is 2.56. The summed E-state index contributed by atoms with van der Waals surface area (Å²) in [6.07, 6.45) is 1.76. The summed E-state index contributed by atoms with van der Waals surface area (Å²) in [6, 6.07) is 6.51. The summed E-state index contributed by atoms with van der Waals surface area (Å²) in [4.78, 5) is 13.3. The van der Waals surface area contributed by atoms with Gasteiger partial charge in [0.2, 0.25) is 0 Å². The van der Waals surface area contributed by atoms with Crippen LogP contribution < -0.4 is 10.6 Å². The fourth-order valence-electron chi connectivity index (χ4n) is 7.20. The van der Waals surface area contributed by atoms with Gasteiger partial charge in [-0.2, -0.15) is 18.3 Å². The largest absolute Gasteiger partial charge is 0.410 e. The van der Waals surface area contributed by atoms with E-state index < -0.39 is 24.2 Å². The van der Waals surface area contributed by atoms with Gasteiger partial charge in [0.1, 0.15) is 10.8 Å². The van der Waals surface area contributed by atoms with Crippen molar-refractivity contribution in [1.82, 2.24) is 15.1 Å². The summed E-state index contributed by atoms with van der Waals surface area (Å²) in [5.41, 5.74) is 0.329. The quantitative estimate of drug-likeness (QED) is 0.577. The molecule has 176 valence electrons. The summed E-state index contributed by atoms with van der Waals surface area (Å²) in [5.74, 6) is 1.47. The highest BCUT2D eigenvalue weighted by molar-refractivity contribution is 6.36. The van der Waals surface area contributed by atoms with E-state index >= 15 is 0 Å². The number of hydrogen-bond donors (Lipinski definition) is 2. The van der Waals surface area contributed by atoms with Gasteiger partial charge < -0.3 is 10.6 Å². The molecule has 7 rings (SSSR count). The number of hydrogen-bond acceptors (Lipinski definition) is 3. The van der Waals surface area contributed by atoms with Gasteiger partial charge in [-0.3, -0.25) is 4.79 Å². The molecule has 1 aromatic carbocycles. The van der Waals surface area contributed by atoms with Crippen molar-refractivity contribution in [1.29, 1.82) is 0 Å². The summed E-state index contributed by atoms with van der Waals surface area (Å²) >= 11 is 6.52. The Hall–Kier alpha value is -2.22. The number of nitrogens with one attached hydrogen (secondary N) is 2. The Bertz CT molecular complexity index is 1050. The lowest BCUT2D eigenvalue weighted by molar-refractivity contribution is -0.173. The molecule has 2 heterocycles. The molecule has 2 atom stereocenters. The molecule has 0 radical (unpaired) electrons. The van der Waals surface area contributed by atoms with E-state index in [-0.39, 0.29) is 28.5 Å². The van der Waals surface area contributed by atoms with Crippen molar-refractivity contribution in [2.45, 2.75) is 68.7 Å². The molecule has 4 fully saturated rings. The zero-order valence-corrected chi connectivity index (χ0v) is 18.8. The third-order valence-electron chi connectivity index (χ3n) is 8.13. The number of carbonyl (C=O) groups excluding carboxylic acids is 1. The van der Waals surface area contributed by atoms with Gasteiger partial charge in [0, 0.05) is 12.0 Å². The molecule has 5 nitrogen and oxygen atoms in total. The van der Waals surface area contributed by atoms with Crippen LogP contribution >= 0.6 is 11.6 Å². The maximum absolute atomic E-state index is 14.0. The Morgan fingerprint density at radius 1 is 1.06 bits per heavy atom. The maximum atomic E-state index is 14.0. The molecule has 0 saturated heterocycles. The van der Waals surface area contributed by atoms with Crippen LogP contribution in [-0.2, 0) is 0 Å². The first-order valence-electron chi connectivity index (χ1n) is 11.7. The van der Waals surface area contributed by atoms with Crippen molar-refractivity contribution < 1.29 is 18.0 Å². The monoisotopic (exact) mass is 478 g/mol. The molecule has 1 aromatic heterocycles. The molecule has 2 N–H and O–H groups in total. The number of benzene rings is 1. The van der Waals surface area contributed by atoms with E-state index in [1.54, 1.807) is 24.3 Å². The second-order valence-electron chi connectivity index (χ2n) is 10.5. The fourth-order valence-corrected chi connectivity index (χ4v) is 7.47. The van der Waals surface area contributed by atoms with Crippen molar-refractivity contribution in [3.05, 3.63) is 46.6 Å². The first-order valence-corrected chi connectivity index (χ1v) is 12.1. The number of rotatable bonds is 3. The maximum Gasteiger partial charge on any atom is 0.410 e. The average molecular weight is 479 g/mol. The Balaban J connectivity index is 1.32. The van der Waals surface area contributed by atoms with Crippen LogP contribution in [0, 0.1) is 17.8 Å². The van der Waals surface area contributed by atoms with Gasteiger partial charge >= 0.3 is 6.18 Å². The highest BCUT2D eigenvalue weighted by atomic mass is 35.5. The summed E-state index contributed by atoms with van der Waals surface area (Å²) < 4.78 is 42.9. The molecule has 1 amide bonds. The highest BCUT2D eigenvalue weighted by Gasteiger charge is 2.52. The van der Waals surface area contributed by atoms with Crippen LogP contribution in [0.1, 0.15) is 73.1 Å². The number of carbonyl (C=O) groups is 1. The molecule has 4 bridgehead atoms. The van der Waals surface area contributed by atoms with E-state index in [1.807, 2.05) is 6.07 Å². The van der Waals surface area contributed by atoms with Crippen LogP contribution in [0.2, 0.25) is 5.02 Å². The summed E-state index contributed by atoms with van der Waals surface area (Å²) in [7, 11) is 0. The second-order valence-corrected chi connectivity index (χ2v) is 10.9. The Labute approximate surface area is 195 Å². The minimum absolute atomic E-state index is 0.0490. The van der Waals surface area contributed by atoms with Crippen molar-refractivity contribution >= 4 is 23.3 Å². The van der Waals surface area contributed by atoms with Gasteiger partial charge in [-0.25, -0.2) is 4.68 Å². The molecule has 0 unspecified atom stereocenters. The molecule has 1 aliphatic heterocycles. The number of amides is 1. The molecule has 2 aromatic rings. The standard InChI is InChI=1S/C24H26ClF3N4O/c25-19-20(22(33)30-23-10-13-6-14(11-23)8-15(7-13)12-23)31-32-18(24(26,27)28)9-17(29-21(19)32)16-4-2-1-3-5-16/h1-5,13-15,17-18,29H,6-12H2,(H,30,33)/t13?,14?,15?,17-,18-,23?/m1/s1. The van der Waals surface area contributed by atoms with Crippen molar-refractivity contribution in [2.24, 2.45) is 17.8 Å². The van der Waals surface area contributed by atoms with Crippen LogP contribution in [0.5, 0.6) is 0 Å². The number of aromatic nitrogens is 2. The molecule has 4 saturated carbocycles. The smallest absolute Gasteiger partial charge is 0.362 e. The first kappa shape index (κ1) is 21.3. The van der Waals surface area contributed by atoms with E-state index in [0.29, 0.717) is 17.8 Å². The van der Waals surface area contributed by atoms with Gasteiger partial charge in [-0.1, -0.05) is 41.9 Å². The van der Waals surface area contributed by atoms with Crippen LogP contribution in [0.4, 0.5) is 19.0 Å². The van der Waals surface area contributed by atoms with Crippen molar-refractivity contribution in [2.75, 3.05) is 5.32 Å². The summed E-state index contributed by atoms with van der Waals surface area (Å²) in [5, 5.41) is 10.4. The summed E-state index contributed by atoms with van der Waals surface area (Å²) in [6.45, 7) is 0. The van der Waals surface area contributed by atoms with E-state index in [2.05, 4.69) is 15.7 Å². The van der Waals surface area contributed by atoms with E-state index in [0.717, 1.165) is 29.5 Å². The van der Waals surface area contributed by atoms with Crippen molar-refractivity contribution in [3.63, 3.8) is 0 Å². The molecule has 9 heteroatoms. The van der Waals surface area contributed by atoms with Gasteiger partial charge in [-0.15, -0.1) is 0 Å². The Morgan fingerprint density at radius 2 is 1.67 bits per heavy atom. The van der Waals surface area contributed by atoms with E-state index in [9.17, 15) is 18.0 Å². The zero-order chi connectivity index (χ0) is 23.0. The Morgan fingerprint density at radius 3 is 2.24 bits per heavy atom. The molecule has 33 heavy (non-hydrogen) atoms. The number of nitrogens with zero attached hydrogens (tertiary/aromatic N) is 2. The fraction of sp³-hybridized carbons (Fsp3) is 0.583. The number of anilines is 1. The van der Waals surface area contributed by atoms with Gasteiger partial charge in [0.25, 0.3) is 5.91 Å². The third kappa shape index (κ3) is 3.61. The normalized spacial score (nSPS) is 34.6. The number of fused-ring (bicyclic) bond motifs is 1. The van der Waals surface area contributed by atoms with Gasteiger partial charge in [0.15, 0.2) is 11.7 Å². The number of alkyl halides is 3. The third-order valence-corrected chi connectivity index (χ3v) is 8.49. The molecular weight excluding hydrogens is 453 g/mol. The molecule has 4 aliphatic carbocycles. The zero-order valence-electron chi connectivity index (χ0n) is 18.0. The molecular formula is C24H26ClF3N4O. The van der Waals surface area contributed by atoms with Crippen LogP contribution in [0.25, 0.3) is 0 Å². The predicted octanol–water partition coefficient (Wildman–Crippen LogP) is 5.90. The topological polar surface area (TPSA) is 59.0 Å². The minimum Gasteiger partial charge on any atom is -0.362 e. The number of halogens is 4. The van der Waals surface area contributed by atoms with E-state index in [4.69, 9.17) is 11.6 Å². The first-order chi connectivity index (χ1) is 15.7. The lowest BCUT2D eigenvalue weighted by Crippen LogP contribution is -2.59. The average Bonchev–Trinajstić information content (AvgIpc) is 3.08. The molecule has 0 spiro atoms. The van der Waals surface area contributed by atoms with Crippen LogP contribution in [0.15, 0.2) is 30.3 Å². The minimum atomic E-state index is -4.52. The van der Waals surface area contributed by atoms with Gasteiger partial charge in [-0.05, 0) is 61.8 Å². The van der Waals surface area contributed by atoms with Crippen molar-refractivity contribution in [3.8, 4) is 0 Å². The molecule has 5 aliphatic rings. The van der Waals surface area contributed by atoms with Crippen LogP contribution in [0.3, 0.4) is 0 Å². The van der Waals surface area contributed by atoms with Crippen LogP contribution in [-0.4, -0.2) is 27.4 Å². The van der Waals surface area contributed by atoms with E-state index in [1.165, 1.54) is 19.3 Å². The van der Waals surface area contributed by atoms with Gasteiger partial charge in [0.05, 0.1) is 6.04 Å². The SMILES string of the molecule is O=C(NC12CC3CC(CC(C3)C1)C2)c1nn2c(c1Cl)N[C@@H](c1ccccc1)C[C@@H]2C(F)(F)F. The lowest BCUT2D eigenvalue weighted by atomic mass is 9.53. The Kier molecular flexibility index (Phi) is 4.77.